The van der Waals surface area contributed by atoms with Gasteiger partial charge >= 0.3 is 0 Å². The van der Waals surface area contributed by atoms with E-state index in [1.165, 1.54) is 16.7 Å². The van der Waals surface area contributed by atoms with Crippen LogP contribution in [0.4, 0.5) is 0 Å². The van der Waals surface area contributed by atoms with Crippen molar-refractivity contribution in [1.82, 2.24) is 10.6 Å². The Kier molecular flexibility index (Phi) is 5.54. The van der Waals surface area contributed by atoms with Crippen molar-refractivity contribution in [2.45, 2.75) is 26.7 Å². The average molecular weight is 336 g/mol. The molecule has 3 heteroatoms. The van der Waals surface area contributed by atoms with E-state index in [1.54, 1.807) is 0 Å². The number of amides is 1. The van der Waals surface area contributed by atoms with Gasteiger partial charge in [-0.15, -0.1) is 0 Å². The molecule has 2 N–H and O–H groups in total. The van der Waals surface area contributed by atoms with Crippen LogP contribution in [0, 0.1) is 11.3 Å². The number of carbonyl (C=O) groups is 1. The molecule has 0 aromatic heterocycles. The van der Waals surface area contributed by atoms with Crippen LogP contribution in [-0.4, -0.2) is 25.5 Å². The fraction of sp³-hybridized carbons (Fsp3) is 0.409. The Morgan fingerprint density at radius 2 is 1.84 bits per heavy atom. The van der Waals surface area contributed by atoms with Crippen molar-refractivity contribution in [3.8, 4) is 11.1 Å². The lowest BCUT2D eigenvalue weighted by Crippen LogP contribution is -2.45. The summed E-state index contributed by atoms with van der Waals surface area (Å²) in [5.41, 5.74) is 3.34. The number of carbonyl (C=O) groups excluding carboxylic acids is 1. The molecule has 1 fully saturated rings. The summed E-state index contributed by atoms with van der Waals surface area (Å²) < 4.78 is 0. The van der Waals surface area contributed by atoms with Crippen molar-refractivity contribution in [3.63, 3.8) is 0 Å². The molecule has 2 aromatic rings. The van der Waals surface area contributed by atoms with Crippen LogP contribution in [0.25, 0.3) is 11.1 Å². The minimum atomic E-state index is -0.347. The van der Waals surface area contributed by atoms with E-state index >= 15 is 0 Å². The predicted molar refractivity (Wildman–Crippen MR) is 103 cm³/mol. The monoisotopic (exact) mass is 336 g/mol. The van der Waals surface area contributed by atoms with Gasteiger partial charge < -0.3 is 10.6 Å². The third-order valence-corrected chi connectivity index (χ3v) is 5.03. The largest absolute Gasteiger partial charge is 0.355 e. The van der Waals surface area contributed by atoms with E-state index in [9.17, 15) is 4.79 Å². The highest BCUT2D eigenvalue weighted by Gasteiger charge is 2.41. The predicted octanol–water partition coefficient (Wildman–Crippen LogP) is 3.65. The average Bonchev–Trinajstić information content (AvgIpc) is 3.10. The lowest BCUT2D eigenvalue weighted by Gasteiger charge is -2.28. The van der Waals surface area contributed by atoms with Crippen LogP contribution in [0.5, 0.6) is 0 Å². The Hall–Kier alpha value is -2.13. The molecule has 25 heavy (non-hydrogen) atoms. The SMILES string of the molecule is CC(C)CNC(=O)[C@]1(Cc2ccccc2-c2ccccc2)CCNC1. The summed E-state index contributed by atoms with van der Waals surface area (Å²) in [6.07, 6.45) is 1.66. The molecule has 0 bridgehead atoms. The summed E-state index contributed by atoms with van der Waals surface area (Å²) in [7, 11) is 0. The minimum absolute atomic E-state index is 0.189. The molecule has 3 rings (SSSR count). The van der Waals surface area contributed by atoms with Gasteiger partial charge in [0.1, 0.15) is 0 Å². The lowest BCUT2D eigenvalue weighted by molar-refractivity contribution is -0.130. The van der Waals surface area contributed by atoms with Crippen molar-refractivity contribution in [1.29, 1.82) is 0 Å². The summed E-state index contributed by atoms with van der Waals surface area (Å²) in [6.45, 7) is 6.65. The number of benzene rings is 2. The zero-order chi connectivity index (χ0) is 17.7. The molecule has 3 nitrogen and oxygen atoms in total. The van der Waals surface area contributed by atoms with Crippen LogP contribution in [0.15, 0.2) is 54.6 Å². The van der Waals surface area contributed by atoms with Gasteiger partial charge in [-0.2, -0.15) is 0 Å². The van der Waals surface area contributed by atoms with Crippen molar-refractivity contribution >= 4 is 5.91 Å². The van der Waals surface area contributed by atoms with Gasteiger partial charge in [-0.05, 0) is 42.0 Å². The van der Waals surface area contributed by atoms with Crippen LogP contribution in [0.1, 0.15) is 25.8 Å². The smallest absolute Gasteiger partial charge is 0.227 e. The molecule has 0 radical (unpaired) electrons. The summed E-state index contributed by atoms with van der Waals surface area (Å²) in [5, 5.41) is 6.57. The molecule has 0 unspecified atom stereocenters. The van der Waals surface area contributed by atoms with Crippen LogP contribution >= 0.6 is 0 Å². The zero-order valence-corrected chi connectivity index (χ0v) is 15.2. The molecule has 1 saturated heterocycles. The minimum Gasteiger partial charge on any atom is -0.355 e. The molecule has 1 aliphatic rings. The molecular weight excluding hydrogens is 308 g/mol. The van der Waals surface area contributed by atoms with E-state index in [-0.39, 0.29) is 11.3 Å². The van der Waals surface area contributed by atoms with Gasteiger partial charge in [0.15, 0.2) is 0 Å². The van der Waals surface area contributed by atoms with Crippen LogP contribution < -0.4 is 10.6 Å². The lowest BCUT2D eigenvalue weighted by atomic mass is 9.78. The third-order valence-electron chi connectivity index (χ3n) is 5.03. The molecule has 132 valence electrons. The van der Waals surface area contributed by atoms with Gasteiger partial charge in [0, 0.05) is 13.1 Å². The van der Waals surface area contributed by atoms with Gasteiger partial charge in [-0.1, -0.05) is 68.4 Å². The molecule has 0 spiro atoms. The Morgan fingerprint density at radius 3 is 2.52 bits per heavy atom. The number of hydrogen-bond acceptors (Lipinski definition) is 2. The quantitative estimate of drug-likeness (QED) is 0.845. The maximum Gasteiger partial charge on any atom is 0.227 e. The van der Waals surface area contributed by atoms with Gasteiger partial charge in [0.2, 0.25) is 5.91 Å². The second-order valence-electron chi connectivity index (χ2n) is 7.51. The van der Waals surface area contributed by atoms with Crippen molar-refractivity contribution in [3.05, 3.63) is 60.2 Å². The standard InChI is InChI=1S/C22H28N2O/c1-17(2)15-24-21(25)22(12-13-23-16-22)14-19-10-6-7-11-20(19)18-8-4-3-5-9-18/h3-11,17,23H,12-16H2,1-2H3,(H,24,25)/t22-/m0/s1. The van der Waals surface area contributed by atoms with E-state index in [4.69, 9.17) is 0 Å². The van der Waals surface area contributed by atoms with Crippen molar-refractivity contribution < 1.29 is 4.79 Å². The Bertz CT molecular complexity index is 703. The first kappa shape index (κ1) is 17.7. The Morgan fingerprint density at radius 1 is 1.12 bits per heavy atom. The molecule has 2 aromatic carbocycles. The molecular formula is C22H28N2O. The fourth-order valence-electron chi connectivity index (χ4n) is 3.59. The molecule has 1 amide bonds. The maximum atomic E-state index is 13.0. The summed E-state index contributed by atoms with van der Waals surface area (Å²) in [4.78, 5) is 13.0. The summed E-state index contributed by atoms with van der Waals surface area (Å²) >= 11 is 0. The van der Waals surface area contributed by atoms with E-state index in [0.717, 1.165) is 32.5 Å². The van der Waals surface area contributed by atoms with E-state index in [1.807, 2.05) is 6.07 Å². The first-order chi connectivity index (χ1) is 12.1. The Labute approximate surface area is 150 Å². The Balaban J connectivity index is 1.88. The van der Waals surface area contributed by atoms with Gasteiger partial charge in [0.05, 0.1) is 5.41 Å². The topological polar surface area (TPSA) is 41.1 Å². The highest BCUT2D eigenvalue weighted by Crippen LogP contribution is 2.34. The zero-order valence-electron chi connectivity index (χ0n) is 15.2. The number of nitrogens with one attached hydrogen (secondary N) is 2. The fourth-order valence-corrected chi connectivity index (χ4v) is 3.59. The normalized spacial score (nSPS) is 20.0. The molecule has 1 heterocycles. The first-order valence-electron chi connectivity index (χ1n) is 9.23. The van der Waals surface area contributed by atoms with Gasteiger partial charge in [-0.3, -0.25) is 4.79 Å². The molecule has 0 aliphatic carbocycles. The second kappa shape index (κ2) is 7.83. The molecule has 0 saturated carbocycles. The van der Waals surface area contributed by atoms with Crippen LogP contribution in [0.2, 0.25) is 0 Å². The highest BCUT2D eigenvalue weighted by atomic mass is 16.2. The first-order valence-corrected chi connectivity index (χ1v) is 9.23. The molecule has 1 aliphatic heterocycles. The van der Waals surface area contributed by atoms with Gasteiger partial charge in [0.25, 0.3) is 0 Å². The summed E-state index contributed by atoms with van der Waals surface area (Å²) in [5.74, 6) is 0.654. The van der Waals surface area contributed by atoms with Crippen LogP contribution in [0.3, 0.4) is 0 Å². The number of hydrogen-bond donors (Lipinski definition) is 2. The highest BCUT2D eigenvalue weighted by molar-refractivity contribution is 5.84. The van der Waals surface area contributed by atoms with E-state index < -0.39 is 0 Å². The third kappa shape index (κ3) is 4.10. The van der Waals surface area contributed by atoms with Crippen molar-refractivity contribution in [2.75, 3.05) is 19.6 Å². The summed E-state index contributed by atoms with van der Waals surface area (Å²) in [6, 6.07) is 18.9. The van der Waals surface area contributed by atoms with E-state index in [0.29, 0.717) is 5.92 Å². The second-order valence-corrected chi connectivity index (χ2v) is 7.51. The molecule has 1 atom stereocenters. The number of rotatable bonds is 6. The maximum absolute atomic E-state index is 13.0. The van der Waals surface area contributed by atoms with Gasteiger partial charge in [-0.25, -0.2) is 0 Å². The van der Waals surface area contributed by atoms with E-state index in [2.05, 4.69) is 73.0 Å². The van der Waals surface area contributed by atoms with Crippen LogP contribution in [-0.2, 0) is 11.2 Å². The van der Waals surface area contributed by atoms with Crippen molar-refractivity contribution in [2.24, 2.45) is 11.3 Å².